The molecule has 0 saturated carbocycles. The van der Waals surface area contributed by atoms with Crippen molar-refractivity contribution in [3.8, 4) is 0 Å². The van der Waals surface area contributed by atoms with Crippen LogP contribution in [0.2, 0.25) is 0 Å². The average Bonchev–Trinajstić information content (AvgIpc) is 2.30. The maximum absolute atomic E-state index is 8.12. The van der Waals surface area contributed by atoms with E-state index in [0.717, 1.165) is 13.0 Å². The molecule has 0 aliphatic heterocycles. The first-order valence-electron chi connectivity index (χ1n) is 4.99. The molecule has 0 amide bonds. The van der Waals surface area contributed by atoms with Crippen LogP contribution < -0.4 is 5.73 Å². The minimum absolute atomic E-state index is 0.250. The molecule has 2 aromatic carbocycles. The molecule has 3 nitrogen and oxygen atoms in total. The maximum Gasteiger partial charge on any atom is 0.373 e. The van der Waals surface area contributed by atoms with Crippen LogP contribution in [-0.2, 0) is 16.0 Å². The number of carbonyl (C=O) groups excluding carboxylic acids is 2. The van der Waals surface area contributed by atoms with E-state index in [1.54, 1.807) is 0 Å². The van der Waals surface area contributed by atoms with Gasteiger partial charge in [0.1, 0.15) is 0 Å². The molecule has 0 fully saturated rings. The van der Waals surface area contributed by atoms with E-state index < -0.39 is 0 Å². The van der Waals surface area contributed by atoms with Gasteiger partial charge in [-0.15, -0.1) is 0 Å². The molecule has 0 aliphatic carbocycles. The highest BCUT2D eigenvalue weighted by Gasteiger charge is 1.94. The van der Waals surface area contributed by atoms with Crippen molar-refractivity contribution in [3.63, 3.8) is 0 Å². The van der Waals surface area contributed by atoms with Gasteiger partial charge < -0.3 is 5.73 Å². The number of nitrogens with two attached hydrogens (primary N) is 1. The normalized spacial score (nSPS) is 9.06. The first-order valence-corrected chi connectivity index (χ1v) is 4.99. The molecule has 0 aromatic heterocycles. The maximum atomic E-state index is 8.12. The standard InChI is InChI=1S/C12H13N.CO2/c13-8-7-10-5-6-11-3-1-2-4-12(11)9-10;2-1-3/h1-6,9H,7-8,13H2;. The summed E-state index contributed by atoms with van der Waals surface area (Å²) in [6.45, 7) is 0.721. The lowest BCUT2D eigenvalue weighted by Crippen LogP contribution is -2.02. The van der Waals surface area contributed by atoms with Crippen LogP contribution in [0, 0.1) is 0 Å². The Morgan fingerprint density at radius 2 is 1.62 bits per heavy atom. The van der Waals surface area contributed by atoms with Crippen LogP contribution >= 0.6 is 0 Å². The monoisotopic (exact) mass is 215 g/mol. The van der Waals surface area contributed by atoms with Gasteiger partial charge in [-0.3, -0.25) is 0 Å². The molecule has 0 spiro atoms. The molecule has 0 radical (unpaired) electrons. The third-order valence-corrected chi connectivity index (χ3v) is 2.25. The molecule has 2 aromatic rings. The van der Waals surface area contributed by atoms with Gasteiger partial charge in [-0.1, -0.05) is 42.5 Å². The second-order valence-electron chi connectivity index (χ2n) is 3.30. The summed E-state index contributed by atoms with van der Waals surface area (Å²) < 4.78 is 0. The lowest BCUT2D eigenvalue weighted by molar-refractivity contribution is -0.191. The zero-order valence-electron chi connectivity index (χ0n) is 8.85. The van der Waals surface area contributed by atoms with Crippen molar-refractivity contribution in [1.29, 1.82) is 0 Å². The fraction of sp³-hybridized carbons (Fsp3) is 0.154. The summed E-state index contributed by atoms with van der Waals surface area (Å²) in [5.74, 6) is 0. The summed E-state index contributed by atoms with van der Waals surface area (Å²) in [6, 6.07) is 14.9. The van der Waals surface area contributed by atoms with Crippen molar-refractivity contribution in [2.24, 2.45) is 5.73 Å². The van der Waals surface area contributed by atoms with Gasteiger partial charge in [0.2, 0.25) is 0 Å². The molecular weight excluding hydrogens is 202 g/mol. The van der Waals surface area contributed by atoms with Crippen LogP contribution in [0.15, 0.2) is 42.5 Å². The van der Waals surface area contributed by atoms with E-state index >= 15 is 0 Å². The SMILES string of the molecule is NCCc1ccc2ccccc2c1.O=C=O. The highest BCUT2D eigenvalue weighted by molar-refractivity contribution is 5.82. The zero-order chi connectivity index (χ0) is 11.8. The lowest BCUT2D eigenvalue weighted by atomic mass is 10.1. The Hall–Kier alpha value is -1.96. The van der Waals surface area contributed by atoms with Crippen LogP contribution in [0.4, 0.5) is 0 Å². The third kappa shape index (κ3) is 3.31. The average molecular weight is 215 g/mol. The van der Waals surface area contributed by atoms with Crippen molar-refractivity contribution in [3.05, 3.63) is 48.0 Å². The van der Waals surface area contributed by atoms with E-state index in [4.69, 9.17) is 15.3 Å². The number of fused-ring (bicyclic) bond motifs is 1. The first kappa shape index (κ1) is 12.1. The van der Waals surface area contributed by atoms with Gasteiger partial charge in [0.05, 0.1) is 0 Å². The summed E-state index contributed by atoms with van der Waals surface area (Å²) >= 11 is 0. The Balaban J connectivity index is 0.000000386. The quantitative estimate of drug-likeness (QED) is 0.830. The van der Waals surface area contributed by atoms with Crippen molar-refractivity contribution in [1.82, 2.24) is 0 Å². The Kier molecular flexibility index (Phi) is 4.93. The molecule has 0 unspecified atom stereocenters. The van der Waals surface area contributed by atoms with Crippen molar-refractivity contribution in [2.75, 3.05) is 6.54 Å². The zero-order valence-corrected chi connectivity index (χ0v) is 8.85. The summed E-state index contributed by atoms with van der Waals surface area (Å²) in [5.41, 5.74) is 6.83. The molecule has 2 N–H and O–H groups in total. The minimum Gasteiger partial charge on any atom is -0.330 e. The Morgan fingerprint density at radius 1 is 1.00 bits per heavy atom. The van der Waals surface area contributed by atoms with Gasteiger partial charge in [-0.25, -0.2) is 0 Å². The predicted octanol–water partition coefficient (Wildman–Crippen LogP) is 1.76. The summed E-state index contributed by atoms with van der Waals surface area (Å²) in [7, 11) is 0. The summed E-state index contributed by atoms with van der Waals surface area (Å²) in [6.07, 6.45) is 1.21. The van der Waals surface area contributed by atoms with Crippen LogP contribution in [0.25, 0.3) is 10.8 Å². The molecule has 0 heterocycles. The summed E-state index contributed by atoms with van der Waals surface area (Å²) in [4.78, 5) is 16.2. The fourth-order valence-corrected chi connectivity index (χ4v) is 1.56. The second kappa shape index (κ2) is 6.51. The topological polar surface area (TPSA) is 60.2 Å². The molecule has 0 bridgehead atoms. The fourth-order valence-electron chi connectivity index (χ4n) is 1.56. The third-order valence-electron chi connectivity index (χ3n) is 2.25. The van der Waals surface area contributed by atoms with Gasteiger partial charge in [-0.05, 0) is 29.3 Å². The van der Waals surface area contributed by atoms with Gasteiger partial charge in [-0.2, -0.15) is 9.59 Å². The van der Waals surface area contributed by atoms with E-state index in [1.807, 2.05) is 0 Å². The second-order valence-corrected chi connectivity index (χ2v) is 3.30. The van der Waals surface area contributed by atoms with Crippen molar-refractivity contribution >= 4 is 16.9 Å². The molecular formula is C13H13NO2. The van der Waals surface area contributed by atoms with Crippen LogP contribution in [0.3, 0.4) is 0 Å². The highest BCUT2D eigenvalue weighted by Crippen LogP contribution is 2.15. The number of benzene rings is 2. The molecule has 82 valence electrons. The van der Waals surface area contributed by atoms with Gasteiger partial charge in [0.25, 0.3) is 0 Å². The first-order chi connectivity index (χ1) is 7.81. The Labute approximate surface area is 93.9 Å². The van der Waals surface area contributed by atoms with Crippen molar-refractivity contribution in [2.45, 2.75) is 6.42 Å². The molecule has 0 atom stereocenters. The molecule has 3 heteroatoms. The Bertz CT molecular complexity index is 488. The van der Waals surface area contributed by atoms with E-state index in [-0.39, 0.29) is 6.15 Å². The Morgan fingerprint density at radius 3 is 2.25 bits per heavy atom. The number of rotatable bonds is 2. The number of hydrogen-bond acceptors (Lipinski definition) is 3. The van der Waals surface area contributed by atoms with Crippen LogP contribution in [-0.4, -0.2) is 12.7 Å². The molecule has 0 saturated heterocycles. The highest BCUT2D eigenvalue weighted by atomic mass is 16.2. The van der Waals surface area contributed by atoms with Gasteiger partial charge >= 0.3 is 6.15 Å². The number of hydrogen-bond donors (Lipinski definition) is 1. The molecule has 2 rings (SSSR count). The van der Waals surface area contributed by atoms with Gasteiger partial charge in [0, 0.05) is 0 Å². The predicted molar refractivity (Wildman–Crippen MR) is 61.7 cm³/mol. The van der Waals surface area contributed by atoms with Crippen LogP contribution in [0.5, 0.6) is 0 Å². The smallest absolute Gasteiger partial charge is 0.330 e. The largest absolute Gasteiger partial charge is 0.373 e. The van der Waals surface area contributed by atoms with Gasteiger partial charge in [0.15, 0.2) is 0 Å². The molecule has 16 heavy (non-hydrogen) atoms. The minimum atomic E-state index is 0.250. The molecule has 0 aliphatic rings. The summed E-state index contributed by atoms with van der Waals surface area (Å²) in [5, 5.41) is 2.59. The van der Waals surface area contributed by atoms with E-state index in [9.17, 15) is 0 Å². The van der Waals surface area contributed by atoms with E-state index in [1.165, 1.54) is 16.3 Å². The van der Waals surface area contributed by atoms with E-state index in [2.05, 4.69) is 42.5 Å². The van der Waals surface area contributed by atoms with Crippen molar-refractivity contribution < 1.29 is 9.59 Å². The lowest BCUT2D eigenvalue weighted by Gasteiger charge is -2.01. The van der Waals surface area contributed by atoms with E-state index in [0.29, 0.717) is 0 Å². The van der Waals surface area contributed by atoms with Crippen LogP contribution in [0.1, 0.15) is 5.56 Å².